The molecule has 5 N–H and O–H groups in total. The number of phenols is 1. The second-order valence-electron chi connectivity index (χ2n) is 22.0. The van der Waals surface area contributed by atoms with E-state index in [9.17, 15) is 52.8 Å². The van der Waals surface area contributed by atoms with E-state index in [1.165, 1.54) is 65.6 Å². The second kappa shape index (κ2) is 67.3. The molecule has 0 fully saturated rings. The van der Waals surface area contributed by atoms with Crippen LogP contribution in [0.1, 0.15) is 63.7 Å². The third-order valence-corrected chi connectivity index (χ3v) is 18.5. The number of azide groups is 1. The number of carbonyl (C=O) groups is 4. The number of aryl methyl sites for hydroxylation is 4. The number of aromatic hydroxyl groups is 1. The van der Waals surface area contributed by atoms with Crippen molar-refractivity contribution < 1.29 is 154 Å². The van der Waals surface area contributed by atoms with E-state index >= 15 is 0 Å². The predicted molar refractivity (Wildman–Crippen MR) is 429 cm³/mol. The summed E-state index contributed by atoms with van der Waals surface area (Å²) in [5.41, 5.74) is 27.9. The van der Waals surface area contributed by atoms with Crippen LogP contribution in [0.2, 0.25) is 0 Å². The monoisotopic (exact) mass is 1740 g/mol. The van der Waals surface area contributed by atoms with Crippen molar-refractivity contribution in [3.63, 3.8) is 0 Å². The van der Waals surface area contributed by atoms with Gasteiger partial charge in [0.1, 0.15) is 68.0 Å². The van der Waals surface area contributed by atoms with Gasteiger partial charge in [-0.3, -0.25) is 32.5 Å². The van der Waals surface area contributed by atoms with Gasteiger partial charge >= 0.3 is 29.6 Å². The number of carbonyl (C=O) groups excluding carboxylic acids is 4. The van der Waals surface area contributed by atoms with Gasteiger partial charge in [-0.25, -0.2) is 16.8 Å². The van der Waals surface area contributed by atoms with E-state index in [1.807, 2.05) is 27.7 Å². The Morgan fingerprint density at radius 2 is 0.560 bits per heavy atom. The van der Waals surface area contributed by atoms with Crippen LogP contribution >= 0.6 is 21.4 Å². The van der Waals surface area contributed by atoms with Crippen LogP contribution in [0.3, 0.4) is 0 Å². The number of hydrogen-bond donors (Lipinski definition) is 5. The summed E-state index contributed by atoms with van der Waals surface area (Å²) in [5, 5.41) is 45.1. The first-order valence-electron chi connectivity index (χ1n) is 34.0. The van der Waals surface area contributed by atoms with Crippen molar-refractivity contribution in [2.45, 2.75) is 47.3 Å². The number of hydrogen-bond acceptors (Lipinski definition) is 28. The molecular formula is C76H93Cl2N6NaO27S4. The number of halogens is 2. The SMILES string of the molecule is Cc1ccc(S(=O)(=O)Cl)cc1.Cc1ccc(S(=O)(=O)Cl)cc1.Cc1ccc(S(=O)(=O)OCCOCCO)cc1.Cc1ccc(S(=O)(=O)OCCOCCOc2ccc(C=O)cc2)cc1.O=Cc1ccc(O)cc1.O=Cc1ccc(OCCOCCO)cc1.OCCOCCO.[N-]=[N+]=NCCOCCOc1ccc(C=O)cc1.[N-]=[N+]=[N-].[Na+]. The zero-order valence-corrected chi connectivity index (χ0v) is 71.0. The van der Waals surface area contributed by atoms with Crippen molar-refractivity contribution >= 4 is 84.8 Å². The van der Waals surface area contributed by atoms with Crippen molar-refractivity contribution in [1.82, 2.24) is 0 Å². The summed E-state index contributed by atoms with van der Waals surface area (Å²) in [7, 11) is -4.39. The number of aliphatic hydroxyl groups excluding tert-OH is 4. The van der Waals surface area contributed by atoms with E-state index in [0.29, 0.717) is 112 Å². The van der Waals surface area contributed by atoms with Gasteiger partial charge < -0.3 is 74.5 Å². The fourth-order valence-corrected chi connectivity index (χ4v) is 10.7. The Labute approximate surface area is 706 Å². The Balaban J connectivity index is 0. The quantitative estimate of drug-likeness (QED) is 0.00353. The van der Waals surface area contributed by atoms with Crippen molar-refractivity contribution in [2.75, 3.05) is 132 Å². The van der Waals surface area contributed by atoms with Gasteiger partial charge in [0, 0.05) is 55.1 Å². The largest absolute Gasteiger partial charge is 1.00 e. The van der Waals surface area contributed by atoms with Gasteiger partial charge in [-0.15, -0.1) is 0 Å². The average Bonchev–Trinajstić information content (AvgIpc) is 0.850. The third-order valence-electron chi connectivity index (χ3n) is 13.1. The van der Waals surface area contributed by atoms with Gasteiger partial charge in [0.25, 0.3) is 38.3 Å². The van der Waals surface area contributed by atoms with Crippen LogP contribution in [0.5, 0.6) is 23.0 Å². The number of rotatable bonds is 39. The molecule has 8 aromatic rings. The fraction of sp³-hybridized carbons (Fsp3) is 0.316. The summed E-state index contributed by atoms with van der Waals surface area (Å²) in [5.74, 6) is 2.20. The first-order valence-corrected chi connectivity index (χ1v) is 41.4. The Morgan fingerprint density at radius 3 is 0.802 bits per heavy atom. The number of phenolic OH excluding ortho intramolecular Hbond substituents is 1. The molecule has 0 aromatic heterocycles. The van der Waals surface area contributed by atoms with Crippen LogP contribution in [-0.2, 0) is 70.4 Å². The number of benzene rings is 8. The van der Waals surface area contributed by atoms with E-state index in [1.54, 1.807) is 133 Å². The molecule has 40 heteroatoms. The molecular weight excluding hydrogens is 1650 g/mol. The summed E-state index contributed by atoms with van der Waals surface area (Å²) in [6, 6.07) is 52.1. The first-order chi connectivity index (χ1) is 54.9. The fourth-order valence-electron chi connectivity index (χ4n) is 7.41. The molecule has 0 radical (unpaired) electrons. The predicted octanol–water partition coefficient (Wildman–Crippen LogP) is 8.32. The minimum absolute atomic E-state index is 0. The van der Waals surface area contributed by atoms with Crippen LogP contribution in [-0.4, -0.2) is 216 Å². The molecule has 0 atom stereocenters. The molecule has 8 aromatic carbocycles. The third kappa shape index (κ3) is 56.5. The summed E-state index contributed by atoms with van der Waals surface area (Å²) in [6.07, 6.45) is 3.06. The maximum Gasteiger partial charge on any atom is 1.00 e. The van der Waals surface area contributed by atoms with Crippen LogP contribution in [0.15, 0.2) is 219 Å². The molecule has 628 valence electrons. The van der Waals surface area contributed by atoms with E-state index in [2.05, 4.69) is 14.8 Å². The zero-order chi connectivity index (χ0) is 86.0. The van der Waals surface area contributed by atoms with Gasteiger partial charge in [0.15, 0.2) is 0 Å². The molecule has 0 aliphatic rings. The Hall–Kier alpha value is -8.80. The van der Waals surface area contributed by atoms with E-state index in [-0.39, 0.29) is 114 Å². The normalized spacial score (nSPS) is 10.3. The van der Waals surface area contributed by atoms with Crippen LogP contribution in [0.25, 0.3) is 26.4 Å². The van der Waals surface area contributed by atoms with Crippen molar-refractivity contribution in [3.8, 4) is 23.0 Å². The average molecular weight is 1740 g/mol. The summed E-state index contributed by atoms with van der Waals surface area (Å²) < 4.78 is 141. The van der Waals surface area contributed by atoms with Gasteiger partial charge in [-0.1, -0.05) is 75.9 Å². The van der Waals surface area contributed by atoms with E-state index in [4.69, 9.17) is 105 Å². The van der Waals surface area contributed by atoms with E-state index < -0.39 is 38.3 Å². The summed E-state index contributed by atoms with van der Waals surface area (Å²) >= 11 is 0. The van der Waals surface area contributed by atoms with Crippen LogP contribution in [0, 0.1) is 27.7 Å². The molecule has 0 spiro atoms. The standard InChI is InChI=1S/C18H20O6S.C11H13N3O3.C11H16O5S.C11H14O4.2C7H7ClO2S.C7H6O2.C4H10O3.N3.Na/c1-15-2-8-18(9-3-15)25(20,21)24-13-11-22-10-12-23-17-6-4-16(14-19)5-7-17;12-14-13-5-6-16-7-8-17-11-3-1-10(9-15)2-4-11;1-10-2-4-11(5-3-10)17(13,14)16-9-8-15-7-6-12;12-5-6-14-7-8-15-11-3-1-10(9-13)2-4-11;2*1-6-2-4-7(5-3-6)11(8,9)10;8-5-6-1-3-7(9)4-2-6;5-1-3-7-4-2-6;1-3-2;/h2-9,14H,10-13H2,1H3;1-4,9H,5-8H2;2-5,12H,6-9H2,1H3;1-4,9,12H,5-8H2;2*2-5H,1H3;1-5,9H;5-6H,1-4H2;;/q;;;;;;;;-1;+1. The van der Waals surface area contributed by atoms with Crippen molar-refractivity contribution in [3.05, 3.63) is 265 Å². The van der Waals surface area contributed by atoms with Gasteiger partial charge in [0.05, 0.1) is 125 Å². The molecule has 8 rings (SSSR count). The summed E-state index contributed by atoms with van der Waals surface area (Å²) in [6.45, 7) is 11.8. The molecule has 0 bridgehead atoms. The minimum Gasteiger partial charge on any atom is -0.508 e. The Kier molecular flexibility index (Phi) is 63.3. The van der Waals surface area contributed by atoms with Crippen molar-refractivity contribution in [2.24, 2.45) is 5.11 Å². The summed E-state index contributed by atoms with van der Waals surface area (Å²) in [4.78, 5) is 46.0. The first kappa shape index (κ1) is 109. The molecule has 0 saturated heterocycles. The van der Waals surface area contributed by atoms with E-state index in [0.717, 1.165) is 47.4 Å². The molecule has 0 saturated carbocycles. The van der Waals surface area contributed by atoms with Gasteiger partial charge in [-0.05, 0) is 179 Å². The zero-order valence-electron chi connectivity index (χ0n) is 64.2. The molecule has 0 amide bonds. The molecule has 0 aliphatic carbocycles. The van der Waals surface area contributed by atoms with Crippen LogP contribution in [0.4, 0.5) is 0 Å². The maximum atomic E-state index is 11.9. The Bertz CT molecular complexity index is 4430. The molecule has 0 aliphatic heterocycles. The van der Waals surface area contributed by atoms with Crippen molar-refractivity contribution in [1.29, 1.82) is 0 Å². The maximum absolute atomic E-state index is 11.9. The molecule has 33 nitrogen and oxygen atoms in total. The molecule has 0 unspecified atom stereocenters. The van der Waals surface area contributed by atoms with Gasteiger partial charge in [0.2, 0.25) is 0 Å². The number of ether oxygens (including phenoxy) is 8. The second-order valence-corrected chi connectivity index (χ2v) is 30.4. The van der Waals surface area contributed by atoms with Crippen LogP contribution < -0.4 is 43.8 Å². The number of aliphatic hydroxyl groups is 4. The smallest absolute Gasteiger partial charge is 0.508 e. The minimum atomic E-state index is -3.76. The number of aldehydes is 4. The van der Waals surface area contributed by atoms with Gasteiger partial charge in [-0.2, -0.15) is 16.8 Å². The molecule has 0 heterocycles. The Morgan fingerprint density at radius 1 is 0.336 bits per heavy atom. The topological polar surface area (TPSA) is 506 Å². The molecule has 116 heavy (non-hydrogen) atoms. The number of nitrogens with zero attached hydrogens (tertiary/aromatic N) is 6.